The maximum Gasteiger partial charge on any atom is 0.195 e. The predicted octanol–water partition coefficient (Wildman–Crippen LogP) is 0.661. The molecule has 1 rings (SSSR count). The van der Waals surface area contributed by atoms with E-state index in [0.29, 0.717) is 25.9 Å². The number of rotatable bonds is 5. The van der Waals surface area contributed by atoms with Gasteiger partial charge in [0.05, 0.1) is 25.9 Å². The van der Waals surface area contributed by atoms with Crippen molar-refractivity contribution in [3.63, 3.8) is 0 Å². The molecule has 1 aliphatic rings. The first-order valence-corrected chi connectivity index (χ1v) is 6.19. The van der Waals surface area contributed by atoms with Gasteiger partial charge in [-0.15, -0.1) is 0 Å². The molecule has 17 heavy (non-hydrogen) atoms. The van der Waals surface area contributed by atoms with E-state index in [1.165, 1.54) is 0 Å². The van der Waals surface area contributed by atoms with E-state index in [2.05, 4.69) is 4.99 Å². The third-order valence-electron chi connectivity index (χ3n) is 2.62. The van der Waals surface area contributed by atoms with E-state index in [1.807, 2.05) is 38.0 Å². The molecule has 1 unspecified atom stereocenters. The van der Waals surface area contributed by atoms with Gasteiger partial charge in [-0.1, -0.05) is 0 Å². The first-order valence-electron chi connectivity index (χ1n) is 6.19. The SMILES string of the molecule is CN(C)C(=NCCOCC1CCCO1)N(C)C. The highest BCUT2D eigenvalue weighted by molar-refractivity contribution is 5.79. The fourth-order valence-corrected chi connectivity index (χ4v) is 1.88. The quantitative estimate of drug-likeness (QED) is 0.404. The first kappa shape index (κ1) is 14.3. The zero-order chi connectivity index (χ0) is 12.7. The smallest absolute Gasteiger partial charge is 0.195 e. The van der Waals surface area contributed by atoms with Gasteiger partial charge >= 0.3 is 0 Å². The van der Waals surface area contributed by atoms with Crippen molar-refractivity contribution in [1.82, 2.24) is 9.80 Å². The molecular weight excluding hydrogens is 218 g/mol. The molecule has 0 spiro atoms. The molecule has 1 aliphatic heterocycles. The molecule has 0 bridgehead atoms. The van der Waals surface area contributed by atoms with E-state index in [-0.39, 0.29) is 0 Å². The zero-order valence-corrected chi connectivity index (χ0v) is 11.5. The Kier molecular flexibility index (Phi) is 6.29. The average Bonchev–Trinajstić information content (AvgIpc) is 2.74. The summed E-state index contributed by atoms with van der Waals surface area (Å²) in [5.41, 5.74) is 0. The van der Waals surface area contributed by atoms with E-state index in [9.17, 15) is 0 Å². The highest BCUT2D eigenvalue weighted by Crippen LogP contribution is 2.11. The fourth-order valence-electron chi connectivity index (χ4n) is 1.88. The van der Waals surface area contributed by atoms with Crippen molar-refractivity contribution in [3.8, 4) is 0 Å². The lowest BCUT2D eigenvalue weighted by Gasteiger charge is -2.22. The van der Waals surface area contributed by atoms with Gasteiger partial charge in [-0.25, -0.2) is 0 Å². The van der Waals surface area contributed by atoms with Crippen LogP contribution in [0.5, 0.6) is 0 Å². The van der Waals surface area contributed by atoms with Gasteiger partial charge in [0.2, 0.25) is 0 Å². The van der Waals surface area contributed by atoms with Gasteiger partial charge in [-0.05, 0) is 12.8 Å². The Labute approximate surface area is 104 Å². The largest absolute Gasteiger partial charge is 0.377 e. The molecule has 1 heterocycles. The zero-order valence-electron chi connectivity index (χ0n) is 11.5. The van der Waals surface area contributed by atoms with E-state index < -0.39 is 0 Å². The van der Waals surface area contributed by atoms with Crippen LogP contribution in [-0.4, -0.2) is 76.4 Å². The maximum absolute atomic E-state index is 5.56. The van der Waals surface area contributed by atoms with Crippen molar-refractivity contribution < 1.29 is 9.47 Å². The van der Waals surface area contributed by atoms with Gasteiger partial charge < -0.3 is 19.3 Å². The highest BCUT2D eigenvalue weighted by Gasteiger charge is 2.14. The Morgan fingerprint density at radius 2 is 2.00 bits per heavy atom. The van der Waals surface area contributed by atoms with Crippen LogP contribution < -0.4 is 0 Å². The highest BCUT2D eigenvalue weighted by atomic mass is 16.5. The third kappa shape index (κ3) is 5.37. The normalized spacial score (nSPS) is 19.2. The lowest BCUT2D eigenvalue weighted by molar-refractivity contribution is 0.0199. The summed E-state index contributed by atoms with van der Waals surface area (Å²) in [5.74, 6) is 0.964. The van der Waals surface area contributed by atoms with Crippen LogP contribution in [0.1, 0.15) is 12.8 Å². The summed E-state index contributed by atoms with van der Waals surface area (Å²) >= 11 is 0. The summed E-state index contributed by atoms with van der Waals surface area (Å²) in [5, 5.41) is 0. The van der Waals surface area contributed by atoms with Gasteiger partial charge in [0.25, 0.3) is 0 Å². The molecule has 0 aliphatic carbocycles. The van der Waals surface area contributed by atoms with Crippen LogP contribution in [0.3, 0.4) is 0 Å². The Morgan fingerprint density at radius 3 is 2.53 bits per heavy atom. The van der Waals surface area contributed by atoms with Crippen molar-refractivity contribution in [2.75, 3.05) is 54.6 Å². The Balaban J connectivity index is 2.14. The van der Waals surface area contributed by atoms with E-state index in [1.54, 1.807) is 0 Å². The number of hydrogen-bond acceptors (Lipinski definition) is 3. The van der Waals surface area contributed by atoms with Crippen LogP contribution in [0, 0.1) is 0 Å². The van der Waals surface area contributed by atoms with Gasteiger partial charge in [0.1, 0.15) is 0 Å². The number of aliphatic imine (C=N–C) groups is 1. The van der Waals surface area contributed by atoms with E-state index in [4.69, 9.17) is 9.47 Å². The second-order valence-corrected chi connectivity index (χ2v) is 4.68. The molecule has 0 N–H and O–H groups in total. The fraction of sp³-hybridized carbons (Fsp3) is 0.917. The molecule has 1 saturated heterocycles. The van der Waals surface area contributed by atoms with Crippen LogP contribution in [-0.2, 0) is 9.47 Å². The van der Waals surface area contributed by atoms with Crippen molar-refractivity contribution in [1.29, 1.82) is 0 Å². The average molecular weight is 243 g/mol. The summed E-state index contributed by atoms with van der Waals surface area (Å²) in [6.45, 7) is 2.94. The molecule has 0 aromatic heterocycles. The van der Waals surface area contributed by atoms with Crippen LogP contribution in [0.15, 0.2) is 4.99 Å². The predicted molar refractivity (Wildman–Crippen MR) is 69.5 cm³/mol. The minimum absolute atomic E-state index is 0.307. The van der Waals surface area contributed by atoms with Crippen molar-refractivity contribution >= 4 is 5.96 Å². The van der Waals surface area contributed by atoms with Crippen molar-refractivity contribution in [3.05, 3.63) is 0 Å². The number of guanidine groups is 1. The van der Waals surface area contributed by atoms with Gasteiger partial charge in [0, 0.05) is 34.8 Å². The third-order valence-corrected chi connectivity index (χ3v) is 2.62. The number of hydrogen-bond donors (Lipinski definition) is 0. The summed E-state index contributed by atoms with van der Waals surface area (Å²) in [4.78, 5) is 8.49. The van der Waals surface area contributed by atoms with Gasteiger partial charge in [-0.2, -0.15) is 0 Å². The topological polar surface area (TPSA) is 37.3 Å². The van der Waals surface area contributed by atoms with Crippen LogP contribution >= 0.6 is 0 Å². The second kappa shape index (κ2) is 7.50. The molecule has 5 nitrogen and oxygen atoms in total. The molecule has 0 radical (unpaired) electrons. The number of ether oxygens (including phenoxy) is 2. The summed E-state index contributed by atoms with van der Waals surface area (Å²) in [6.07, 6.45) is 2.60. The minimum atomic E-state index is 0.307. The van der Waals surface area contributed by atoms with Crippen LogP contribution in [0.25, 0.3) is 0 Å². The van der Waals surface area contributed by atoms with E-state index in [0.717, 1.165) is 25.4 Å². The monoisotopic (exact) mass is 243 g/mol. The molecule has 5 heteroatoms. The lowest BCUT2D eigenvalue weighted by Crippen LogP contribution is -2.35. The Bertz CT molecular complexity index is 226. The molecule has 1 fully saturated rings. The standard InChI is InChI=1S/C12H25N3O2/c1-14(2)12(15(3)4)13-7-9-16-10-11-6-5-8-17-11/h11H,5-10H2,1-4H3. The molecule has 100 valence electrons. The molecular formula is C12H25N3O2. The minimum Gasteiger partial charge on any atom is -0.377 e. The molecule has 0 saturated carbocycles. The van der Waals surface area contributed by atoms with Crippen molar-refractivity contribution in [2.24, 2.45) is 4.99 Å². The Hall–Kier alpha value is -0.810. The Morgan fingerprint density at radius 1 is 1.29 bits per heavy atom. The summed E-state index contributed by atoms with van der Waals surface area (Å²) < 4.78 is 11.0. The summed E-state index contributed by atoms with van der Waals surface area (Å²) in [6, 6.07) is 0. The van der Waals surface area contributed by atoms with Crippen molar-refractivity contribution in [2.45, 2.75) is 18.9 Å². The van der Waals surface area contributed by atoms with E-state index >= 15 is 0 Å². The maximum atomic E-state index is 5.56. The number of nitrogens with zero attached hydrogens (tertiary/aromatic N) is 3. The molecule has 0 aromatic rings. The summed E-state index contributed by atoms with van der Waals surface area (Å²) in [7, 11) is 7.97. The van der Waals surface area contributed by atoms with Crippen LogP contribution in [0.4, 0.5) is 0 Å². The first-order chi connectivity index (χ1) is 8.11. The second-order valence-electron chi connectivity index (χ2n) is 4.68. The molecule has 0 aromatic carbocycles. The van der Waals surface area contributed by atoms with Gasteiger partial charge in [0.15, 0.2) is 5.96 Å². The molecule has 0 amide bonds. The van der Waals surface area contributed by atoms with Gasteiger partial charge in [-0.3, -0.25) is 4.99 Å². The van der Waals surface area contributed by atoms with Crippen LogP contribution in [0.2, 0.25) is 0 Å². The molecule has 1 atom stereocenters. The lowest BCUT2D eigenvalue weighted by atomic mass is 10.2.